The zero-order valence-corrected chi connectivity index (χ0v) is 17.1. The van der Waals surface area contributed by atoms with Crippen LogP contribution in [0.15, 0.2) is 24.3 Å². The van der Waals surface area contributed by atoms with Crippen LogP contribution in [-0.4, -0.2) is 48.2 Å². The summed E-state index contributed by atoms with van der Waals surface area (Å²) in [4.78, 5) is 37.6. The van der Waals surface area contributed by atoms with Crippen LogP contribution in [0.3, 0.4) is 0 Å². The summed E-state index contributed by atoms with van der Waals surface area (Å²) in [6.07, 6.45) is -0.634. The maximum Gasteiger partial charge on any atom is 0.408 e. The summed E-state index contributed by atoms with van der Waals surface area (Å²) >= 11 is 5.90. The van der Waals surface area contributed by atoms with Gasteiger partial charge in [-0.25, -0.2) is 4.79 Å². The minimum Gasteiger partial charge on any atom is -0.469 e. The summed E-state index contributed by atoms with van der Waals surface area (Å²) in [6.45, 7) is 6.98. The van der Waals surface area contributed by atoms with E-state index in [4.69, 9.17) is 16.3 Å². The number of halogens is 1. The first-order valence-electron chi connectivity index (χ1n) is 8.59. The summed E-state index contributed by atoms with van der Waals surface area (Å²) in [5.74, 6) is -0.760. The minimum absolute atomic E-state index is 0.0439. The summed E-state index contributed by atoms with van der Waals surface area (Å²) in [5.41, 5.74) is 0.190. The number of esters is 1. The van der Waals surface area contributed by atoms with Crippen molar-refractivity contribution in [3.63, 3.8) is 0 Å². The van der Waals surface area contributed by atoms with E-state index in [1.165, 1.54) is 12.0 Å². The molecule has 2 amide bonds. The molecule has 1 unspecified atom stereocenters. The molecule has 1 aromatic carbocycles. The van der Waals surface area contributed by atoms with Crippen LogP contribution in [0.25, 0.3) is 0 Å². The maximum absolute atomic E-state index is 12.7. The molecule has 1 atom stereocenters. The van der Waals surface area contributed by atoms with Gasteiger partial charge in [-0.05, 0) is 45.4 Å². The van der Waals surface area contributed by atoms with Gasteiger partial charge in [-0.2, -0.15) is 0 Å². The van der Waals surface area contributed by atoms with Crippen LogP contribution in [0.4, 0.5) is 4.79 Å². The number of hydrogen-bond donors (Lipinski definition) is 1. The van der Waals surface area contributed by atoms with Gasteiger partial charge in [0, 0.05) is 17.6 Å². The number of benzene rings is 1. The van der Waals surface area contributed by atoms with E-state index in [0.717, 1.165) is 5.56 Å². The Morgan fingerprint density at radius 2 is 1.78 bits per heavy atom. The molecule has 1 N–H and O–H groups in total. The van der Waals surface area contributed by atoms with Crippen molar-refractivity contribution in [3.8, 4) is 0 Å². The van der Waals surface area contributed by atoms with E-state index < -0.39 is 23.7 Å². The van der Waals surface area contributed by atoms with Gasteiger partial charge in [0.2, 0.25) is 5.91 Å². The van der Waals surface area contributed by atoms with Crippen molar-refractivity contribution < 1.29 is 23.9 Å². The standard InChI is InChI=1S/C19H27ClN2O5/c1-13(10-17(24)26-5)22(12-14-6-8-15(20)9-7-14)16(23)11-21-18(25)27-19(2,3)4/h6-9,13H,10-12H2,1-5H3,(H,21,25). The quantitative estimate of drug-likeness (QED) is 0.713. The molecule has 7 nitrogen and oxygen atoms in total. The SMILES string of the molecule is COC(=O)CC(C)N(Cc1ccc(Cl)cc1)C(=O)CNC(=O)OC(C)(C)C. The highest BCUT2D eigenvalue weighted by Crippen LogP contribution is 2.15. The Morgan fingerprint density at radius 3 is 2.30 bits per heavy atom. The molecule has 27 heavy (non-hydrogen) atoms. The van der Waals surface area contributed by atoms with Gasteiger partial charge in [0.15, 0.2) is 0 Å². The van der Waals surface area contributed by atoms with Crippen LogP contribution in [0.1, 0.15) is 39.7 Å². The normalized spacial score (nSPS) is 12.1. The number of carbonyl (C=O) groups is 3. The first-order chi connectivity index (χ1) is 12.5. The third kappa shape index (κ3) is 8.77. The summed E-state index contributed by atoms with van der Waals surface area (Å²) in [5, 5.41) is 3.04. The number of methoxy groups -OCH3 is 1. The number of nitrogens with one attached hydrogen (secondary N) is 1. The third-order valence-corrected chi connectivity index (χ3v) is 3.84. The van der Waals surface area contributed by atoms with Crippen LogP contribution in [0, 0.1) is 0 Å². The summed E-state index contributed by atoms with van der Waals surface area (Å²) in [6, 6.07) is 6.64. The van der Waals surface area contributed by atoms with Gasteiger partial charge >= 0.3 is 12.1 Å². The van der Waals surface area contributed by atoms with Crippen molar-refractivity contribution in [1.82, 2.24) is 10.2 Å². The predicted molar refractivity (Wildman–Crippen MR) is 102 cm³/mol. The van der Waals surface area contributed by atoms with Crippen LogP contribution in [0.5, 0.6) is 0 Å². The smallest absolute Gasteiger partial charge is 0.408 e. The zero-order chi connectivity index (χ0) is 20.6. The topological polar surface area (TPSA) is 84.9 Å². The molecule has 8 heteroatoms. The van der Waals surface area contributed by atoms with Crippen LogP contribution in [0.2, 0.25) is 5.02 Å². The molecule has 0 saturated carbocycles. The van der Waals surface area contributed by atoms with E-state index in [9.17, 15) is 14.4 Å². The van der Waals surface area contributed by atoms with Gasteiger partial charge in [-0.15, -0.1) is 0 Å². The van der Waals surface area contributed by atoms with E-state index >= 15 is 0 Å². The Hall–Kier alpha value is -2.28. The Labute approximate surface area is 165 Å². The first-order valence-corrected chi connectivity index (χ1v) is 8.97. The maximum atomic E-state index is 12.7. The van der Waals surface area contributed by atoms with Crippen LogP contribution >= 0.6 is 11.6 Å². The highest BCUT2D eigenvalue weighted by Gasteiger charge is 2.24. The Morgan fingerprint density at radius 1 is 1.19 bits per heavy atom. The first kappa shape index (κ1) is 22.8. The van der Waals surface area contributed by atoms with Gasteiger partial charge in [0.05, 0.1) is 13.5 Å². The molecule has 0 bridgehead atoms. The predicted octanol–water partition coefficient (Wildman–Crippen LogP) is 3.14. The summed E-state index contributed by atoms with van der Waals surface area (Å²) in [7, 11) is 1.30. The largest absolute Gasteiger partial charge is 0.469 e. The summed E-state index contributed by atoms with van der Waals surface area (Å²) < 4.78 is 9.82. The molecule has 150 valence electrons. The molecular formula is C19H27ClN2O5. The molecular weight excluding hydrogens is 372 g/mol. The highest BCUT2D eigenvalue weighted by molar-refractivity contribution is 6.30. The van der Waals surface area contributed by atoms with E-state index in [-0.39, 0.29) is 25.4 Å². The lowest BCUT2D eigenvalue weighted by molar-refractivity contribution is -0.143. The second-order valence-corrected chi connectivity index (χ2v) is 7.57. The number of rotatable bonds is 7. The van der Waals surface area contributed by atoms with E-state index in [2.05, 4.69) is 10.1 Å². The second kappa shape index (κ2) is 10.2. The van der Waals surface area contributed by atoms with Crippen molar-refractivity contribution in [3.05, 3.63) is 34.9 Å². The average molecular weight is 399 g/mol. The van der Waals surface area contributed by atoms with Crippen LogP contribution < -0.4 is 5.32 Å². The highest BCUT2D eigenvalue weighted by atomic mass is 35.5. The van der Waals surface area contributed by atoms with Crippen molar-refractivity contribution in [2.75, 3.05) is 13.7 Å². The molecule has 0 heterocycles. The van der Waals surface area contributed by atoms with Crippen molar-refractivity contribution in [2.24, 2.45) is 0 Å². The van der Waals surface area contributed by atoms with Gasteiger partial charge in [0.25, 0.3) is 0 Å². The number of alkyl carbamates (subject to hydrolysis) is 1. The number of ether oxygens (including phenoxy) is 2. The second-order valence-electron chi connectivity index (χ2n) is 7.13. The molecule has 1 rings (SSSR count). The number of carbonyl (C=O) groups excluding carboxylic acids is 3. The molecule has 0 aliphatic carbocycles. The molecule has 0 fully saturated rings. The van der Waals surface area contributed by atoms with Gasteiger partial charge < -0.3 is 19.7 Å². The number of amides is 2. The monoisotopic (exact) mass is 398 g/mol. The minimum atomic E-state index is -0.678. The average Bonchev–Trinajstić information content (AvgIpc) is 2.57. The van der Waals surface area contributed by atoms with Crippen LogP contribution in [-0.2, 0) is 25.6 Å². The zero-order valence-electron chi connectivity index (χ0n) is 16.4. The fourth-order valence-electron chi connectivity index (χ4n) is 2.27. The molecule has 0 aliphatic rings. The van der Waals surface area contributed by atoms with Gasteiger partial charge in [-0.3, -0.25) is 9.59 Å². The lowest BCUT2D eigenvalue weighted by Gasteiger charge is -2.29. The van der Waals surface area contributed by atoms with Crippen molar-refractivity contribution in [2.45, 2.75) is 52.3 Å². The van der Waals surface area contributed by atoms with E-state index in [0.29, 0.717) is 5.02 Å². The van der Waals surface area contributed by atoms with Crippen molar-refractivity contribution >= 4 is 29.6 Å². The Kier molecular flexibility index (Phi) is 8.56. The van der Waals surface area contributed by atoms with Gasteiger partial charge in [-0.1, -0.05) is 23.7 Å². The lowest BCUT2D eigenvalue weighted by atomic mass is 10.1. The van der Waals surface area contributed by atoms with E-state index in [1.54, 1.807) is 52.0 Å². The Balaban J connectivity index is 2.82. The third-order valence-electron chi connectivity index (χ3n) is 3.59. The molecule has 0 aliphatic heterocycles. The lowest BCUT2D eigenvalue weighted by Crippen LogP contribution is -2.45. The number of hydrogen-bond acceptors (Lipinski definition) is 5. The molecule has 0 spiro atoms. The molecule has 0 aromatic heterocycles. The molecule has 0 radical (unpaired) electrons. The fourth-order valence-corrected chi connectivity index (χ4v) is 2.40. The van der Waals surface area contributed by atoms with Gasteiger partial charge in [0.1, 0.15) is 12.1 Å². The number of nitrogens with zero attached hydrogens (tertiary/aromatic N) is 1. The fraction of sp³-hybridized carbons (Fsp3) is 0.526. The van der Waals surface area contributed by atoms with E-state index in [1.807, 2.05) is 0 Å². The van der Waals surface area contributed by atoms with Crippen molar-refractivity contribution in [1.29, 1.82) is 0 Å². The Bertz CT molecular complexity index is 655. The molecule has 0 saturated heterocycles. The molecule has 1 aromatic rings.